The minimum Gasteiger partial charge on any atom is -0.398 e. The minimum atomic E-state index is 0.717. The van der Waals surface area contributed by atoms with Crippen LogP contribution in [0.15, 0.2) is 60.7 Å². The maximum Gasteiger partial charge on any atom is 0.0390 e. The number of anilines is 2. The number of benzene rings is 2. The first kappa shape index (κ1) is 18.7. The quantitative estimate of drug-likeness (QED) is 0.655. The number of thioether (sulfide) groups is 1. The van der Waals surface area contributed by atoms with Crippen molar-refractivity contribution in [2.24, 2.45) is 5.92 Å². The van der Waals surface area contributed by atoms with Gasteiger partial charge in [-0.1, -0.05) is 55.5 Å². The van der Waals surface area contributed by atoms with E-state index < -0.39 is 0 Å². The van der Waals surface area contributed by atoms with E-state index in [1.807, 2.05) is 42.1 Å². The van der Waals surface area contributed by atoms with Crippen LogP contribution in [0.2, 0.25) is 0 Å². The number of rotatable bonds is 2. The first-order valence-electron chi connectivity index (χ1n) is 9.32. The second-order valence-electron chi connectivity index (χ2n) is 6.94. The zero-order valence-corrected chi connectivity index (χ0v) is 16.3. The zero-order chi connectivity index (χ0) is 18.4. The molecule has 0 amide bonds. The molecule has 2 nitrogen and oxygen atoms in total. The smallest absolute Gasteiger partial charge is 0.0390 e. The Morgan fingerprint density at radius 1 is 0.846 bits per heavy atom. The molecule has 1 heterocycles. The van der Waals surface area contributed by atoms with Crippen LogP contribution in [-0.4, -0.2) is 11.5 Å². The molecule has 1 aliphatic carbocycles. The van der Waals surface area contributed by atoms with E-state index in [9.17, 15) is 0 Å². The largest absolute Gasteiger partial charge is 0.398 e. The van der Waals surface area contributed by atoms with Gasteiger partial charge in [-0.25, -0.2) is 0 Å². The van der Waals surface area contributed by atoms with Crippen LogP contribution in [0, 0.1) is 5.92 Å². The predicted octanol–water partition coefficient (Wildman–Crippen LogP) is 5.87. The molecule has 26 heavy (non-hydrogen) atoms. The Kier molecular flexibility index (Phi) is 6.45. The van der Waals surface area contributed by atoms with Crippen molar-refractivity contribution in [3.8, 4) is 0 Å². The van der Waals surface area contributed by atoms with Gasteiger partial charge in [0.1, 0.15) is 0 Å². The van der Waals surface area contributed by atoms with E-state index in [2.05, 4.69) is 37.3 Å². The van der Waals surface area contributed by atoms with E-state index in [-0.39, 0.29) is 0 Å². The van der Waals surface area contributed by atoms with Crippen molar-refractivity contribution in [1.82, 2.24) is 0 Å². The van der Waals surface area contributed by atoms with E-state index in [4.69, 9.17) is 11.5 Å². The van der Waals surface area contributed by atoms with Crippen molar-refractivity contribution in [1.29, 1.82) is 0 Å². The fourth-order valence-corrected chi connectivity index (χ4v) is 4.32. The average molecular weight is 365 g/mol. The van der Waals surface area contributed by atoms with Crippen LogP contribution in [0.3, 0.4) is 0 Å². The average Bonchev–Trinajstić information content (AvgIpc) is 3.10. The summed E-state index contributed by atoms with van der Waals surface area (Å²) in [6.07, 6.45) is 8.23. The maximum absolute atomic E-state index is 5.90. The highest BCUT2D eigenvalue weighted by Crippen LogP contribution is 2.33. The van der Waals surface area contributed by atoms with Crippen molar-refractivity contribution in [2.45, 2.75) is 26.2 Å². The lowest BCUT2D eigenvalue weighted by Gasteiger charge is -2.14. The summed E-state index contributed by atoms with van der Waals surface area (Å²) >= 11 is 1.98. The molecule has 2 aromatic rings. The van der Waals surface area contributed by atoms with Gasteiger partial charge >= 0.3 is 0 Å². The van der Waals surface area contributed by atoms with Crippen LogP contribution in [0.5, 0.6) is 0 Å². The van der Waals surface area contributed by atoms with Crippen LogP contribution in [-0.2, 0) is 0 Å². The first-order chi connectivity index (χ1) is 12.6. The van der Waals surface area contributed by atoms with Crippen LogP contribution in [0.25, 0.3) is 11.1 Å². The van der Waals surface area contributed by atoms with E-state index in [1.165, 1.54) is 40.9 Å². The topological polar surface area (TPSA) is 52.0 Å². The van der Waals surface area contributed by atoms with Gasteiger partial charge in [-0.05, 0) is 54.2 Å². The van der Waals surface area contributed by atoms with Crippen LogP contribution < -0.4 is 11.5 Å². The fourth-order valence-electron chi connectivity index (χ4n) is 3.47. The van der Waals surface area contributed by atoms with Gasteiger partial charge in [-0.15, -0.1) is 0 Å². The zero-order valence-electron chi connectivity index (χ0n) is 15.4. The summed E-state index contributed by atoms with van der Waals surface area (Å²) in [4.78, 5) is 0. The summed E-state index contributed by atoms with van der Waals surface area (Å²) in [5.41, 5.74) is 18.9. The SMILES string of the molecule is CC1C=C(c2ccccc2N)CC1.Nc1ccccc1C1=CCSCC1. The van der Waals surface area contributed by atoms with Crippen molar-refractivity contribution < 1.29 is 0 Å². The third kappa shape index (κ3) is 4.73. The lowest BCUT2D eigenvalue weighted by Crippen LogP contribution is -1.98. The van der Waals surface area contributed by atoms with Crippen LogP contribution in [0.4, 0.5) is 11.4 Å². The summed E-state index contributed by atoms with van der Waals surface area (Å²) in [5, 5.41) is 0. The van der Waals surface area contributed by atoms with Crippen molar-refractivity contribution in [3.05, 3.63) is 71.8 Å². The molecule has 0 saturated carbocycles. The Bertz CT molecular complexity index is 764. The van der Waals surface area contributed by atoms with Gasteiger partial charge < -0.3 is 11.5 Å². The van der Waals surface area contributed by atoms with Crippen molar-refractivity contribution >= 4 is 34.3 Å². The predicted molar refractivity (Wildman–Crippen MR) is 118 cm³/mol. The number of nitrogens with two attached hydrogens (primary N) is 2. The summed E-state index contributed by atoms with van der Waals surface area (Å²) in [6, 6.07) is 16.2. The Morgan fingerprint density at radius 3 is 1.96 bits per heavy atom. The standard InChI is InChI=1S/C12H15N.C11H13NS/c1-9-6-7-10(8-9)11-4-2-3-5-12(11)13;12-11-4-2-1-3-10(11)9-5-7-13-8-6-9/h2-5,8-9H,6-7,13H2,1H3;1-5H,6-8,12H2. The van der Waals surface area contributed by atoms with E-state index >= 15 is 0 Å². The lowest BCUT2D eigenvalue weighted by molar-refractivity contribution is 0.703. The maximum atomic E-state index is 5.90. The summed E-state index contributed by atoms with van der Waals surface area (Å²) in [5.74, 6) is 3.07. The van der Waals surface area contributed by atoms with Gasteiger partial charge in [0.2, 0.25) is 0 Å². The Hall–Kier alpha value is -2.13. The number of allylic oxidation sites excluding steroid dienone is 3. The highest BCUT2D eigenvalue weighted by atomic mass is 32.2. The van der Waals surface area contributed by atoms with Crippen molar-refractivity contribution in [3.63, 3.8) is 0 Å². The molecule has 136 valence electrons. The number of hydrogen-bond donors (Lipinski definition) is 2. The van der Waals surface area contributed by atoms with E-state index in [1.54, 1.807) is 0 Å². The molecule has 0 fully saturated rings. The second kappa shape index (κ2) is 9.00. The molecule has 0 bridgehead atoms. The minimum absolute atomic E-state index is 0.717. The molecule has 2 aromatic carbocycles. The summed E-state index contributed by atoms with van der Waals surface area (Å²) < 4.78 is 0. The van der Waals surface area contributed by atoms with Gasteiger partial charge in [-0.3, -0.25) is 0 Å². The molecule has 0 radical (unpaired) electrons. The molecule has 0 saturated heterocycles. The summed E-state index contributed by atoms with van der Waals surface area (Å²) in [6.45, 7) is 2.26. The van der Waals surface area contributed by atoms with Gasteiger partial charge in [0.15, 0.2) is 0 Å². The van der Waals surface area contributed by atoms with Gasteiger partial charge in [0, 0.05) is 28.3 Å². The third-order valence-corrected chi connectivity index (χ3v) is 5.83. The van der Waals surface area contributed by atoms with E-state index in [0.717, 1.165) is 29.5 Å². The molecular formula is C23H28N2S. The number of para-hydroxylation sites is 2. The molecule has 1 atom stereocenters. The molecule has 0 aromatic heterocycles. The second-order valence-corrected chi connectivity index (χ2v) is 8.09. The van der Waals surface area contributed by atoms with Crippen LogP contribution >= 0.6 is 11.8 Å². The normalized spacial score (nSPS) is 19.2. The highest BCUT2D eigenvalue weighted by Gasteiger charge is 2.14. The van der Waals surface area contributed by atoms with Crippen LogP contribution in [0.1, 0.15) is 37.3 Å². The van der Waals surface area contributed by atoms with E-state index in [0.29, 0.717) is 0 Å². The number of nitrogen functional groups attached to an aromatic ring is 2. The molecule has 0 spiro atoms. The van der Waals surface area contributed by atoms with Gasteiger partial charge in [0.25, 0.3) is 0 Å². The molecule has 4 rings (SSSR count). The molecule has 1 unspecified atom stereocenters. The third-order valence-electron chi connectivity index (χ3n) is 4.93. The molecule has 2 aliphatic rings. The number of hydrogen-bond acceptors (Lipinski definition) is 3. The molecule has 3 heteroatoms. The highest BCUT2D eigenvalue weighted by molar-refractivity contribution is 7.99. The Morgan fingerprint density at radius 2 is 1.46 bits per heavy atom. The first-order valence-corrected chi connectivity index (χ1v) is 10.5. The lowest BCUT2D eigenvalue weighted by atomic mass is 10.0. The molecule has 1 aliphatic heterocycles. The fraction of sp³-hybridized carbons (Fsp3) is 0.304. The summed E-state index contributed by atoms with van der Waals surface area (Å²) in [7, 11) is 0. The van der Waals surface area contributed by atoms with Gasteiger partial charge in [-0.2, -0.15) is 11.8 Å². The van der Waals surface area contributed by atoms with Gasteiger partial charge in [0.05, 0.1) is 0 Å². The Balaban J connectivity index is 0.000000151. The van der Waals surface area contributed by atoms with Crippen molar-refractivity contribution in [2.75, 3.05) is 23.0 Å². The Labute approximate surface area is 161 Å². The molecular weight excluding hydrogens is 336 g/mol. The monoisotopic (exact) mass is 364 g/mol. The molecule has 4 N–H and O–H groups in total.